The van der Waals surface area contributed by atoms with Crippen molar-refractivity contribution in [1.82, 2.24) is 4.40 Å². The molecule has 2 heterocycles. The van der Waals surface area contributed by atoms with Crippen LogP contribution in [-0.2, 0) is 0 Å². The van der Waals surface area contributed by atoms with Gasteiger partial charge < -0.3 is 4.40 Å². The molecular formula is C15H12BrN. The van der Waals surface area contributed by atoms with Crippen molar-refractivity contribution < 1.29 is 0 Å². The number of pyridine rings is 1. The predicted octanol–water partition coefficient (Wildman–Crippen LogP) is 4.68. The van der Waals surface area contributed by atoms with Gasteiger partial charge in [-0.15, -0.1) is 0 Å². The van der Waals surface area contributed by atoms with Crippen LogP contribution in [0.2, 0.25) is 0 Å². The number of aromatic nitrogens is 1. The topological polar surface area (TPSA) is 4.41 Å². The van der Waals surface area contributed by atoms with Crippen LogP contribution in [-0.4, -0.2) is 4.40 Å². The number of hydrogen-bond acceptors (Lipinski definition) is 0. The smallest absolute Gasteiger partial charge is 0.0459 e. The Bertz CT molecular complexity index is 665. The highest BCUT2D eigenvalue weighted by Crippen LogP contribution is 2.24. The Morgan fingerprint density at radius 2 is 1.71 bits per heavy atom. The van der Waals surface area contributed by atoms with E-state index in [0.717, 1.165) is 4.47 Å². The highest BCUT2D eigenvalue weighted by molar-refractivity contribution is 9.10. The lowest BCUT2D eigenvalue weighted by Gasteiger charge is -1.98. The van der Waals surface area contributed by atoms with Crippen LogP contribution >= 0.6 is 15.9 Å². The summed E-state index contributed by atoms with van der Waals surface area (Å²) < 4.78 is 3.33. The van der Waals surface area contributed by atoms with Gasteiger partial charge in [-0.1, -0.05) is 34.1 Å². The predicted molar refractivity (Wildman–Crippen MR) is 75.3 cm³/mol. The van der Waals surface area contributed by atoms with Gasteiger partial charge in [-0.3, -0.25) is 0 Å². The van der Waals surface area contributed by atoms with E-state index >= 15 is 0 Å². The lowest BCUT2D eigenvalue weighted by atomic mass is 10.1. The first kappa shape index (κ1) is 10.6. The molecule has 2 aromatic heterocycles. The summed E-state index contributed by atoms with van der Waals surface area (Å²) in [5, 5.41) is 0. The van der Waals surface area contributed by atoms with Crippen LogP contribution in [0.5, 0.6) is 0 Å². The third-order valence-electron chi connectivity index (χ3n) is 3.01. The Morgan fingerprint density at radius 3 is 2.41 bits per heavy atom. The number of aryl methyl sites for hydroxylation is 1. The van der Waals surface area contributed by atoms with Gasteiger partial charge in [-0.25, -0.2) is 0 Å². The van der Waals surface area contributed by atoms with Crippen molar-refractivity contribution in [2.75, 3.05) is 0 Å². The number of halogens is 1. The van der Waals surface area contributed by atoms with Crippen molar-refractivity contribution in [2.45, 2.75) is 6.92 Å². The summed E-state index contributed by atoms with van der Waals surface area (Å²) in [4.78, 5) is 0. The van der Waals surface area contributed by atoms with Crippen LogP contribution < -0.4 is 0 Å². The van der Waals surface area contributed by atoms with Crippen molar-refractivity contribution in [2.24, 2.45) is 0 Å². The molecule has 0 bridgehead atoms. The maximum atomic E-state index is 3.46. The van der Waals surface area contributed by atoms with Gasteiger partial charge in [0.15, 0.2) is 0 Å². The first-order valence-corrected chi connectivity index (χ1v) is 6.37. The van der Waals surface area contributed by atoms with Gasteiger partial charge in [-0.2, -0.15) is 0 Å². The zero-order valence-electron chi connectivity index (χ0n) is 9.52. The standard InChI is InChI=1S/C15H12BrN/c1-11-3-2-4-15-9-13(10-17(11)15)12-5-7-14(16)8-6-12/h2-10H,1H3. The molecule has 2 heteroatoms. The Morgan fingerprint density at radius 1 is 0.941 bits per heavy atom. The molecule has 3 rings (SSSR count). The molecule has 0 spiro atoms. The van der Waals surface area contributed by atoms with E-state index in [1.165, 1.54) is 22.3 Å². The average Bonchev–Trinajstić information content (AvgIpc) is 2.75. The second kappa shape index (κ2) is 4.04. The minimum absolute atomic E-state index is 1.11. The molecule has 0 N–H and O–H groups in total. The zero-order valence-corrected chi connectivity index (χ0v) is 11.1. The zero-order chi connectivity index (χ0) is 11.8. The fourth-order valence-electron chi connectivity index (χ4n) is 2.08. The van der Waals surface area contributed by atoms with Crippen LogP contribution in [0.1, 0.15) is 5.69 Å². The molecule has 0 unspecified atom stereocenters. The summed E-state index contributed by atoms with van der Waals surface area (Å²) in [6.45, 7) is 2.12. The molecule has 1 aromatic carbocycles. The molecule has 84 valence electrons. The Balaban J connectivity index is 2.18. The Labute approximate surface area is 109 Å². The molecule has 0 saturated heterocycles. The van der Waals surface area contributed by atoms with E-state index < -0.39 is 0 Å². The number of fused-ring (bicyclic) bond motifs is 1. The summed E-state index contributed by atoms with van der Waals surface area (Å²) in [6, 6.07) is 17.0. The minimum Gasteiger partial charge on any atom is -0.321 e. The van der Waals surface area contributed by atoms with E-state index in [4.69, 9.17) is 0 Å². The molecule has 0 aliphatic rings. The van der Waals surface area contributed by atoms with Crippen molar-refractivity contribution in [3.8, 4) is 11.1 Å². The van der Waals surface area contributed by atoms with Crippen LogP contribution in [0.15, 0.2) is 59.2 Å². The molecular weight excluding hydrogens is 274 g/mol. The Kier molecular flexibility index (Phi) is 2.52. The van der Waals surface area contributed by atoms with Crippen molar-refractivity contribution >= 4 is 21.4 Å². The van der Waals surface area contributed by atoms with Crippen LogP contribution in [0, 0.1) is 6.92 Å². The molecule has 0 radical (unpaired) electrons. The highest BCUT2D eigenvalue weighted by Gasteiger charge is 2.03. The summed E-state index contributed by atoms with van der Waals surface area (Å²) in [5.41, 5.74) is 5.00. The summed E-state index contributed by atoms with van der Waals surface area (Å²) in [6.07, 6.45) is 2.19. The first-order valence-electron chi connectivity index (χ1n) is 5.58. The van der Waals surface area contributed by atoms with Gasteiger partial charge in [0.05, 0.1) is 0 Å². The number of hydrogen-bond donors (Lipinski definition) is 0. The van der Waals surface area contributed by atoms with Crippen LogP contribution in [0.4, 0.5) is 0 Å². The van der Waals surface area contributed by atoms with Crippen LogP contribution in [0.3, 0.4) is 0 Å². The molecule has 0 saturated carbocycles. The van der Waals surface area contributed by atoms with Crippen molar-refractivity contribution in [1.29, 1.82) is 0 Å². The van der Waals surface area contributed by atoms with E-state index in [1.807, 2.05) is 0 Å². The molecule has 1 nitrogen and oxygen atoms in total. The van der Waals surface area contributed by atoms with E-state index in [0.29, 0.717) is 0 Å². The van der Waals surface area contributed by atoms with Gasteiger partial charge in [-0.05, 0) is 42.8 Å². The maximum absolute atomic E-state index is 3.46. The number of nitrogens with zero attached hydrogens (tertiary/aromatic N) is 1. The minimum atomic E-state index is 1.11. The van der Waals surface area contributed by atoms with Gasteiger partial charge in [0.1, 0.15) is 0 Å². The summed E-state index contributed by atoms with van der Waals surface area (Å²) in [7, 11) is 0. The molecule has 0 atom stereocenters. The fourth-order valence-corrected chi connectivity index (χ4v) is 2.34. The monoisotopic (exact) mass is 285 g/mol. The lowest BCUT2D eigenvalue weighted by Crippen LogP contribution is -1.86. The quantitative estimate of drug-likeness (QED) is 0.612. The molecule has 3 aromatic rings. The third kappa shape index (κ3) is 1.89. The van der Waals surface area contributed by atoms with E-state index in [9.17, 15) is 0 Å². The molecule has 0 aliphatic carbocycles. The van der Waals surface area contributed by atoms with E-state index in [2.05, 4.69) is 82.0 Å². The molecule has 0 aliphatic heterocycles. The lowest BCUT2D eigenvalue weighted by molar-refractivity contribution is 1.10. The maximum Gasteiger partial charge on any atom is 0.0459 e. The van der Waals surface area contributed by atoms with Gasteiger partial charge in [0.2, 0.25) is 0 Å². The van der Waals surface area contributed by atoms with Gasteiger partial charge in [0.25, 0.3) is 0 Å². The highest BCUT2D eigenvalue weighted by atomic mass is 79.9. The second-order valence-corrected chi connectivity index (χ2v) is 5.11. The van der Waals surface area contributed by atoms with Gasteiger partial charge in [0, 0.05) is 27.4 Å². The molecule has 0 amide bonds. The third-order valence-corrected chi connectivity index (χ3v) is 3.54. The number of benzene rings is 1. The SMILES string of the molecule is Cc1cccc2cc(-c3ccc(Br)cc3)cn12. The second-order valence-electron chi connectivity index (χ2n) is 4.20. The Hall–Kier alpha value is -1.54. The van der Waals surface area contributed by atoms with Crippen LogP contribution in [0.25, 0.3) is 16.6 Å². The fraction of sp³-hybridized carbons (Fsp3) is 0.0667. The summed E-state index contributed by atoms with van der Waals surface area (Å²) >= 11 is 3.46. The van der Waals surface area contributed by atoms with E-state index in [1.54, 1.807) is 0 Å². The van der Waals surface area contributed by atoms with Crippen molar-refractivity contribution in [3.05, 3.63) is 64.9 Å². The normalized spacial score (nSPS) is 10.9. The van der Waals surface area contributed by atoms with Crippen molar-refractivity contribution in [3.63, 3.8) is 0 Å². The van der Waals surface area contributed by atoms with E-state index in [-0.39, 0.29) is 0 Å². The largest absolute Gasteiger partial charge is 0.321 e. The average molecular weight is 286 g/mol. The molecule has 0 fully saturated rings. The van der Waals surface area contributed by atoms with Gasteiger partial charge >= 0.3 is 0 Å². The molecule has 17 heavy (non-hydrogen) atoms. The summed E-state index contributed by atoms with van der Waals surface area (Å²) in [5.74, 6) is 0. The number of rotatable bonds is 1. The first-order chi connectivity index (χ1) is 8.24.